The summed E-state index contributed by atoms with van der Waals surface area (Å²) < 4.78 is 0. The van der Waals surface area contributed by atoms with Crippen LogP contribution in [0, 0.1) is 22.7 Å². The van der Waals surface area contributed by atoms with Crippen LogP contribution in [0.3, 0.4) is 0 Å². The van der Waals surface area contributed by atoms with E-state index in [-0.39, 0.29) is 35.5 Å². The van der Waals surface area contributed by atoms with Gasteiger partial charge in [0.25, 0.3) is 0 Å². The minimum absolute atomic E-state index is 0. The third-order valence-corrected chi connectivity index (χ3v) is 11.7. The molecule has 2 aliphatic heterocycles. The number of nitrogens with one attached hydrogen (secondary N) is 3. The third-order valence-electron chi connectivity index (χ3n) is 11.7. The van der Waals surface area contributed by atoms with E-state index in [4.69, 9.17) is 4.99 Å². The summed E-state index contributed by atoms with van der Waals surface area (Å²) in [7, 11) is 0. The first-order chi connectivity index (χ1) is 22.8. The van der Waals surface area contributed by atoms with Crippen LogP contribution in [0.5, 0.6) is 0 Å². The van der Waals surface area contributed by atoms with Crippen LogP contribution in [0.2, 0.25) is 0 Å². The van der Waals surface area contributed by atoms with Gasteiger partial charge < -0.3 is 21.1 Å². The second-order valence-electron chi connectivity index (χ2n) is 17.5. The van der Waals surface area contributed by atoms with E-state index in [2.05, 4.69) is 106 Å². The molecule has 2 fully saturated rings. The van der Waals surface area contributed by atoms with Crippen molar-refractivity contribution in [3.8, 4) is 0 Å². The lowest BCUT2D eigenvalue weighted by atomic mass is 9.67. The fourth-order valence-corrected chi connectivity index (χ4v) is 11.0. The van der Waals surface area contributed by atoms with Crippen molar-refractivity contribution in [3.05, 3.63) is 82.6 Å². The summed E-state index contributed by atoms with van der Waals surface area (Å²) in [6.07, 6.45) is 6.10. The van der Waals surface area contributed by atoms with E-state index < -0.39 is 5.66 Å². The van der Waals surface area contributed by atoms with E-state index in [0.29, 0.717) is 23.0 Å². The van der Waals surface area contributed by atoms with Crippen LogP contribution < -0.4 is 26.5 Å². The van der Waals surface area contributed by atoms with Gasteiger partial charge in [-0.25, -0.2) is 0 Å². The minimum atomic E-state index is -0.455. The molecule has 4 unspecified atom stereocenters. The molecule has 4 N–H and O–H groups in total. The van der Waals surface area contributed by atoms with Crippen molar-refractivity contribution in [2.24, 2.45) is 27.7 Å². The number of carbonyl (C=O) groups excluding carboxylic acids is 1. The first-order valence-corrected chi connectivity index (χ1v) is 17.8. The summed E-state index contributed by atoms with van der Waals surface area (Å²) in [6.45, 7) is 14.0. The number of ketones is 1. The van der Waals surface area contributed by atoms with Crippen molar-refractivity contribution < 1.29 is 9.90 Å². The smallest absolute Gasteiger partial charge is 0.201 e. The van der Waals surface area contributed by atoms with Gasteiger partial charge in [-0.1, -0.05) is 97.5 Å². The van der Waals surface area contributed by atoms with E-state index in [0.717, 1.165) is 86.9 Å². The maximum Gasteiger partial charge on any atom is 0.201 e. The lowest BCUT2D eigenvalue weighted by Gasteiger charge is -2.51. The molecule has 4 aromatic rings. The van der Waals surface area contributed by atoms with Gasteiger partial charge in [0.2, 0.25) is 5.78 Å². The molecule has 2 saturated carbocycles. The number of hydrogen-bond acceptors (Lipinski definition) is 6. The molecule has 6 nitrogen and oxygen atoms in total. The minimum Gasteiger partial charge on any atom is -0.506 e. The van der Waals surface area contributed by atoms with Crippen LogP contribution >= 0.6 is 0 Å². The van der Waals surface area contributed by atoms with Crippen molar-refractivity contribution >= 4 is 55.5 Å². The van der Waals surface area contributed by atoms with E-state index in [1.165, 1.54) is 6.42 Å². The summed E-state index contributed by atoms with van der Waals surface area (Å²) in [5.41, 5.74) is 4.10. The summed E-state index contributed by atoms with van der Waals surface area (Å²) in [5.74, 6) is 0.982. The Morgan fingerprint density at radius 1 is 0.714 bits per heavy atom. The number of benzene rings is 4. The van der Waals surface area contributed by atoms with Gasteiger partial charge in [-0.15, -0.1) is 0 Å². The molecule has 49 heavy (non-hydrogen) atoms. The molecule has 4 aromatic carbocycles. The van der Waals surface area contributed by atoms with Gasteiger partial charge in [0.05, 0.1) is 22.2 Å². The lowest BCUT2D eigenvalue weighted by Crippen LogP contribution is -2.55. The Labute approximate surface area is 289 Å². The highest BCUT2D eigenvalue weighted by molar-refractivity contribution is 6.52. The van der Waals surface area contributed by atoms with Crippen molar-refractivity contribution in [3.63, 3.8) is 0 Å². The fraction of sp³-hybridized carbons (Fsp3) is 0.442. The zero-order chi connectivity index (χ0) is 33.4. The molecule has 0 amide bonds. The Morgan fingerprint density at radius 2 is 1.35 bits per heavy atom. The quantitative estimate of drug-likeness (QED) is 0.164. The van der Waals surface area contributed by atoms with Gasteiger partial charge in [0.1, 0.15) is 17.1 Å². The molecule has 5 aliphatic rings. The zero-order valence-electron chi connectivity index (χ0n) is 29.0. The molecule has 9 rings (SSSR count). The zero-order valence-corrected chi connectivity index (χ0v) is 29.0. The first kappa shape index (κ1) is 31.9. The number of nitrogens with zero attached hydrogens (tertiary/aromatic N) is 1. The van der Waals surface area contributed by atoms with Gasteiger partial charge in [0, 0.05) is 32.9 Å². The van der Waals surface area contributed by atoms with Gasteiger partial charge in [0.15, 0.2) is 0 Å². The van der Waals surface area contributed by atoms with Crippen LogP contribution in [0.15, 0.2) is 71.4 Å². The lowest BCUT2D eigenvalue weighted by molar-refractivity contribution is -0.109. The molecular formula is C43H50N4O2. The topological polar surface area (TPSA) is 85.8 Å². The van der Waals surface area contributed by atoms with E-state index in [1.807, 2.05) is 12.1 Å². The SMILES string of the molecule is C.CC1CC(C)(C)CC2(C1)N=c1c(=C3C(=O)C(c4ccc5cccc6c5c4NC4(CC(C)CC(C)(C)C4)N6)=C3O)ccc3cccc(c13)N2. The van der Waals surface area contributed by atoms with E-state index >= 15 is 0 Å². The maximum absolute atomic E-state index is 14.5. The monoisotopic (exact) mass is 654 g/mol. The Morgan fingerprint density at radius 3 is 2.02 bits per heavy atom. The molecule has 254 valence electrons. The third kappa shape index (κ3) is 4.80. The predicted octanol–water partition coefficient (Wildman–Crippen LogP) is 9.30. The van der Waals surface area contributed by atoms with Crippen molar-refractivity contribution in [1.29, 1.82) is 0 Å². The number of Topliss-reactive ketones (excluding diaryl/α,β-unsaturated/α-hetero) is 1. The molecule has 0 bridgehead atoms. The Kier molecular flexibility index (Phi) is 6.74. The number of aliphatic hydroxyl groups excluding tert-OH is 1. The van der Waals surface area contributed by atoms with Crippen LogP contribution in [-0.2, 0) is 4.79 Å². The summed E-state index contributed by atoms with van der Waals surface area (Å²) in [6, 6.07) is 20.8. The first-order valence-electron chi connectivity index (χ1n) is 17.8. The van der Waals surface area contributed by atoms with Crippen molar-refractivity contribution in [2.45, 2.75) is 98.8 Å². The second kappa shape index (κ2) is 10.3. The van der Waals surface area contributed by atoms with Crippen molar-refractivity contribution in [1.82, 2.24) is 0 Å². The Bertz CT molecular complexity index is 2270. The highest BCUT2D eigenvalue weighted by Gasteiger charge is 2.48. The summed E-state index contributed by atoms with van der Waals surface area (Å²) in [5, 5.41) is 29.5. The highest BCUT2D eigenvalue weighted by Crippen LogP contribution is 2.52. The molecule has 4 atom stereocenters. The van der Waals surface area contributed by atoms with Gasteiger partial charge in [-0.2, -0.15) is 0 Å². The molecule has 3 aliphatic carbocycles. The largest absolute Gasteiger partial charge is 0.506 e. The normalized spacial score (nSPS) is 30.2. The van der Waals surface area contributed by atoms with Gasteiger partial charge >= 0.3 is 0 Å². The molecule has 6 heteroatoms. The van der Waals surface area contributed by atoms with Crippen LogP contribution in [0.1, 0.15) is 93.1 Å². The Hall–Kier alpha value is -4.32. The van der Waals surface area contributed by atoms with Crippen LogP contribution in [0.25, 0.3) is 32.7 Å². The number of allylic oxidation sites excluding steroid dienone is 2. The molecule has 0 aromatic heterocycles. The van der Waals surface area contributed by atoms with Crippen molar-refractivity contribution in [2.75, 3.05) is 16.0 Å². The molecule has 0 saturated heterocycles. The number of carbonyl (C=O) groups is 1. The van der Waals surface area contributed by atoms with Crippen LogP contribution in [-0.4, -0.2) is 22.2 Å². The number of anilines is 3. The number of hydrogen-bond donors (Lipinski definition) is 4. The maximum atomic E-state index is 14.5. The summed E-state index contributed by atoms with van der Waals surface area (Å²) in [4.78, 5) is 20.0. The molecule has 2 heterocycles. The number of aliphatic hydroxyl groups is 1. The average Bonchev–Trinajstić information content (AvgIpc) is 2.97. The van der Waals surface area contributed by atoms with Crippen LogP contribution in [0.4, 0.5) is 17.1 Å². The predicted molar refractivity (Wildman–Crippen MR) is 203 cm³/mol. The molecular weight excluding hydrogens is 604 g/mol. The number of rotatable bonds is 1. The summed E-state index contributed by atoms with van der Waals surface area (Å²) >= 11 is 0. The van der Waals surface area contributed by atoms with Gasteiger partial charge in [-0.3, -0.25) is 9.79 Å². The van der Waals surface area contributed by atoms with E-state index in [1.54, 1.807) is 0 Å². The fourth-order valence-electron chi connectivity index (χ4n) is 11.0. The molecule has 0 radical (unpaired) electrons. The van der Waals surface area contributed by atoms with Gasteiger partial charge in [-0.05, 0) is 84.1 Å². The highest BCUT2D eigenvalue weighted by atomic mass is 16.3. The second-order valence-corrected chi connectivity index (χ2v) is 17.5. The average molecular weight is 655 g/mol. The molecule has 2 spiro atoms. The van der Waals surface area contributed by atoms with E-state index in [9.17, 15) is 9.90 Å². The standard InChI is InChI=1S/C42H46N4O2.CH4/c1-23-17-39(3,4)21-41(19-23)43-29-11-7-9-25-13-15-27(35(45-41)31(25)29)33-37(47)34(38(33)48)28-16-14-26-10-8-12-30-32(26)36(28)46-42(44-30)20-24(2)18-40(5,6)22-42;/h7-16,23-24,43-45,47H,17-22H2,1-6H3;1H4. The Balaban J connectivity index is 0.00000348.